The predicted molar refractivity (Wildman–Crippen MR) is 114 cm³/mol. The maximum Gasteiger partial charge on any atom is 0.258 e. The van der Waals surface area contributed by atoms with Crippen molar-refractivity contribution < 1.29 is 17.6 Å². The van der Waals surface area contributed by atoms with E-state index in [9.17, 15) is 17.6 Å². The van der Waals surface area contributed by atoms with Gasteiger partial charge in [0.05, 0.1) is 10.5 Å². The third-order valence-corrected chi connectivity index (χ3v) is 7.12. The lowest BCUT2D eigenvalue weighted by Crippen LogP contribution is -2.36. The van der Waals surface area contributed by atoms with Crippen LogP contribution in [0, 0.1) is 5.82 Å². The molecule has 0 atom stereocenters. The molecule has 5 nitrogen and oxygen atoms in total. The first-order chi connectivity index (χ1) is 14.3. The summed E-state index contributed by atoms with van der Waals surface area (Å²) >= 11 is 5.86. The molecule has 8 heteroatoms. The second-order valence-corrected chi connectivity index (χ2v) is 9.33. The van der Waals surface area contributed by atoms with Crippen LogP contribution in [0.25, 0.3) is 0 Å². The standard InChI is InChI=1S/C22H18ClFN2O3S/c23-17-6-9-19(10-7-17)30(28,29)26-12-11-15-5-8-18(13-16(15)14-26)25-22(27)20-3-1-2-4-21(20)24/h1-10,13H,11-12,14H2,(H,25,27). The quantitative estimate of drug-likeness (QED) is 0.645. The van der Waals surface area contributed by atoms with Gasteiger partial charge in [0.25, 0.3) is 5.91 Å². The summed E-state index contributed by atoms with van der Waals surface area (Å²) < 4.78 is 41.2. The van der Waals surface area contributed by atoms with Gasteiger partial charge in [-0.15, -0.1) is 0 Å². The Kier molecular flexibility index (Phi) is 5.60. The second kappa shape index (κ2) is 8.18. The summed E-state index contributed by atoms with van der Waals surface area (Å²) in [6, 6.07) is 17.1. The van der Waals surface area contributed by atoms with Crippen molar-refractivity contribution >= 4 is 33.2 Å². The van der Waals surface area contributed by atoms with Crippen LogP contribution in [0.2, 0.25) is 5.02 Å². The number of carbonyl (C=O) groups excluding carboxylic acids is 1. The summed E-state index contributed by atoms with van der Waals surface area (Å²) in [6.45, 7) is 0.544. The summed E-state index contributed by atoms with van der Waals surface area (Å²) in [5, 5.41) is 3.14. The van der Waals surface area contributed by atoms with E-state index in [0.717, 1.165) is 11.1 Å². The average Bonchev–Trinajstić information content (AvgIpc) is 2.73. The van der Waals surface area contributed by atoms with E-state index in [1.165, 1.54) is 34.6 Å². The predicted octanol–water partition coefficient (Wildman–Crippen LogP) is 4.48. The van der Waals surface area contributed by atoms with E-state index >= 15 is 0 Å². The monoisotopic (exact) mass is 444 g/mol. The molecule has 3 aromatic carbocycles. The average molecular weight is 445 g/mol. The molecular weight excluding hydrogens is 427 g/mol. The summed E-state index contributed by atoms with van der Waals surface area (Å²) in [5.74, 6) is -1.16. The first kappa shape index (κ1) is 20.5. The fraction of sp³-hybridized carbons (Fsp3) is 0.136. The van der Waals surface area contributed by atoms with Gasteiger partial charge in [0.1, 0.15) is 5.82 Å². The van der Waals surface area contributed by atoms with Crippen molar-refractivity contribution in [3.05, 3.63) is 94.3 Å². The highest BCUT2D eigenvalue weighted by Crippen LogP contribution is 2.28. The number of rotatable bonds is 4. The molecule has 0 radical (unpaired) electrons. The molecule has 1 aliphatic rings. The van der Waals surface area contributed by atoms with Crippen LogP contribution in [-0.2, 0) is 23.0 Å². The molecule has 1 amide bonds. The first-order valence-electron chi connectivity index (χ1n) is 9.28. The van der Waals surface area contributed by atoms with Crippen molar-refractivity contribution in [2.75, 3.05) is 11.9 Å². The smallest absolute Gasteiger partial charge is 0.258 e. The first-order valence-corrected chi connectivity index (χ1v) is 11.1. The van der Waals surface area contributed by atoms with Gasteiger partial charge in [0.2, 0.25) is 10.0 Å². The number of hydrogen-bond acceptors (Lipinski definition) is 3. The van der Waals surface area contributed by atoms with Gasteiger partial charge in [0.15, 0.2) is 0 Å². The van der Waals surface area contributed by atoms with E-state index in [2.05, 4.69) is 5.32 Å². The molecule has 0 unspecified atom stereocenters. The van der Waals surface area contributed by atoms with E-state index in [4.69, 9.17) is 11.6 Å². The molecule has 0 aromatic heterocycles. The molecule has 0 bridgehead atoms. The molecule has 30 heavy (non-hydrogen) atoms. The molecular formula is C22H18ClFN2O3S. The fourth-order valence-corrected chi connectivity index (χ4v) is 4.96. The lowest BCUT2D eigenvalue weighted by atomic mass is 10.0. The number of halogens is 2. The van der Waals surface area contributed by atoms with E-state index in [-0.39, 0.29) is 17.0 Å². The minimum Gasteiger partial charge on any atom is -0.322 e. The van der Waals surface area contributed by atoms with Crippen LogP contribution in [0.4, 0.5) is 10.1 Å². The van der Waals surface area contributed by atoms with Crippen LogP contribution in [0.15, 0.2) is 71.6 Å². The Morgan fingerprint density at radius 1 is 1.00 bits per heavy atom. The topological polar surface area (TPSA) is 66.5 Å². The van der Waals surface area contributed by atoms with Crippen molar-refractivity contribution in [3.63, 3.8) is 0 Å². The number of sulfonamides is 1. The minimum absolute atomic E-state index is 0.0536. The third kappa shape index (κ3) is 4.09. The normalized spacial score (nSPS) is 14.2. The van der Waals surface area contributed by atoms with Gasteiger partial charge in [-0.3, -0.25) is 4.79 Å². The van der Waals surface area contributed by atoms with Gasteiger partial charge in [0, 0.05) is 23.8 Å². The number of fused-ring (bicyclic) bond motifs is 1. The zero-order chi connectivity index (χ0) is 21.3. The van der Waals surface area contributed by atoms with Crippen molar-refractivity contribution in [1.29, 1.82) is 0 Å². The van der Waals surface area contributed by atoms with Crippen LogP contribution in [-0.4, -0.2) is 25.2 Å². The van der Waals surface area contributed by atoms with Crippen LogP contribution in [0.1, 0.15) is 21.5 Å². The number of anilines is 1. The van der Waals surface area contributed by atoms with Gasteiger partial charge in [-0.1, -0.05) is 29.8 Å². The van der Waals surface area contributed by atoms with E-state index < -0.39 is 21.7 Å². The largest absolute Gasteiger partial charge is 0.322 e. The summed E-state index contributed by atoms with van der Waals surface area (Å²) in [4.78, 5) is 12.6. The van der Waals surface area contributed by atoms with Gasteiger partial charge in [-0.2, -0.15) is 4.31 Å². The molecule has 0 fully saturated rings. The number of benzene rings is 3. The number of nitrogens with one attached hydrogen (secondary N) is 1. The van der Waals surface area contributed by atoms with E-state index in [0.29, 0.717) is 23.7 Å². The highest BCUT2D eigenvalue weighted by atomic mass is 35.5. The van der Waals surface area contributed by atoms with Crippen molar-refractivity contribution in [3.8, 4) is 0 Å². The maximum atomic E-state index is 13.8. The van der Waals surface area contributed by atoms with Crippen molar-refractivity contribution in [2.45, 2.75) is 17.9 Å². The Morgan fingerprint density at radius 2 is 1.73 bits per heavy atom. The SMILES string of the molecule is O=C(Nc1ccc2c(c1)CN(S(=O)(=O)c1ccc(Cl)cc1)CC2)c1ccccc1F. The Labute approximate surface area is 179 Å². The van der Waals surface area contributed by atoms with Crippen LogP contribution >= 0.6 is 11.6 Å². The number of amides is 1. The zero-order valence-corrected chi connectivity index (χ0v) is 17.4. The molecule has 1 aliphatic heterocycles. The molecule has 1 heterocycles. The van der Waals surface area contributed by atoms with E-state index in [1.807, 2.05) is 6.07 Å². The highest BCUT2D eigenvalue weighted by molar-refractivity contribution is 7.89. The molecule has 0 saturated heterocycles. The summed E-state index contributed by atoms with van der Waals surface area (Å²) in [6.07, 6.45) is 0.559. The molecule has 1 N–H and O–H groups in total. The molecule has 154 valence electrons. The maximum absolute atomic E-state index is 13.8. The van der Waals surface area contributed by atoms with Crippen molar-refractivity contribution in [1.82, 2.24) is 4.31 Å². The Balaban J connectivity index is 1.56. The lowest BCUT2D eigenvalue weighted by molar-refractivity contribution is 0.102. The lowest BCUT2D eigenvalue weighted by Gasteiger charge is -2.28. The zero-order valence-electron chi connectivity index (χ0n) is 15.8. The van der Waals surface area contributed by atoms with Crippen LogP contribution < -0.4 is 5.32 Å². The molecule has 0 spiro atoms. The van der Waals surface area contributed by atoms with Gasteiger partial charge < -0.3 is 5.32 Å². The number of nitrogens with zero attached hydrogens (tertiary/aromatic N) is 1. The molecule has 4 rings (SSSR count). The molecule has 3 aromatic rings. The fourth-order valence-electron chi connectivity index (χ4n) is 3.41. The van der Waals surface area contributed by atoms with Crippen LogP contribution in [0.3, 0.4) is 0 Å². The van der Waals surface area contributed by atoms with Gasteiger partial charge in [-0.25, -0.2) is 12.8 Å². The molecule has 0 saturated carbocycles. The van der Waals surface area contributed by atoms with E-state index in [1.54, 1.807) is 30.3 Å². The third-order valence-electron chi connectivity index (χ3n) is 5.01. The Bertz CT molecular complexity index is 1210. The van der Waals surface area contributed by atoms with Crippen molar-refractivity contribution in [2.24, 2.45) is 0 Å². The summed E-state index contributed by atoms with van der Waals surface area (Å²) in [7, 11) is -3.67. The minimum atomic E-state index is -3.67. The Morgan fingerprint density at radius 3 is 2.47 bits per heavy atom. The van der Waals surface area contributed by atoms with Crippen LogP contribution in [0.5, 0.6) is 0 Å². The Hall–Kier alpha value is -2.74. The molecule has 0 aliphatic carbocycles. The number of carbonyl (C=O) groups is 1. The number of hydrogen-bond donors (Lipinski definition) is 1. The highest BCUT2D eigenvalue weighted by Gasteiger charge is 2.28. The summed E-state index contributed by atoms with van der Waals surface area (Å²) in [5.41, 5.74) is 2.24. The van der Waals surface area contributed by atoms with Gasteiger partial charge in [-0.05, 0) is 66.1 Å². The van der Waals surface area contributed by atoms with Gasteiger partial charge >= 0.3 is 0 Å². The second-order valence-electron chi connectivity index (χ2n) is 6.96.